The highest BCUT2D eigenvalue weighted by atomic mass is 32.1. The monoisotopic (exact) mass is 296 g/mol. The summed E-state index contributed by atoms with van der Waals surface area (Å²) in [5.41, 5.74) is 1.03. The number of H-pyrrole nitrogens is 1. The Bertz CT molecular complexity index is 514. The number of aromatic nitrogens is 1. The van der Waals surface area contributed by atoms with E-state index in [1.54, 1.807) is 0 Å². The molecule has 104 valence electrons. The fourth-order valence-corrected chi connectivity index (χ4v) is 4.10. The molecule has 0 unspecified atom stereocenters. The average Bonchev–Trinajstić information content (AvgIpc) is 3.23. The Balaban J connectivity index is 1.50. The first-order valence-electron chi connectivity index (χ1n) is 7.09. The van der Waals surface area contributed by atoms with E-state index in [1.807, 2.05) is 6.92 Å². The third-order valence-corrected chi connectivity index (χ3v) is 5.57. The lowest BCUT2D eigenvalue weighted by atomic mass is 9.98. The molecule has 19 heavy (non-hydrogen) atoms. The van der Waals surface area contributed by atoms with Gasteiger partial charge in [0.25, 0.3) is 0 Å². The molecule has 0 aliphatic heterocycles. The summed E-state index contributed by atoms with van der Waals surface area (Å²) in [6.07, 6.45) is 5.95. The fraction of sp³-hybridized carbons (Fsp3) is 0.714. The Labute approximate surface area is 122 Å². The van der Waals surface area contributed by atoms with Gasteiger partial charge in [-0.15, -0.1) is 11.3 Å². The molecule has 1 aromatic rings. The third-order valence-electron chi connectivity index (χ3n) is 4.23. The Hall–Kier alpha value is -0.680. The second kappa shape index (κ2) is 5.37. The quantitative estimate of drug-likeness (QED) is 0.792. The maximum atomic E-state index is 12.0. The minimum absolute atomic E-state index is 0.139. The number of carbonyl (C=O) groups excluding carboxylic acids is 1. The average molecular weight is 296 g/mol. The van der Waals surface area contributed by atoms with Crippen LogP contribution in [0.15, 0.2) is 0 Å². The van der Waals surface area contributed by atoms with Gasteiger partial charge in [-0.05, 0) is 62.6 Å². The maximum Gasteiger partial charge on any atom is 0.225 e. The maximum absolute atomic E-state index is 12.0. The summed E-state index contributed by atoms with van der Waals surface area (Å²) in [7, 11) is 0. The van der Waals surface area contributed by atoms with Gasteiger partial charge in [0.05, 0.1) is 6.42 Å². The molecule has 5 heteroatoms. The van der Waals surface area contributed by atoms with Gasteiger partial charge in [0.1, 0.15) is 0 Å². The van der Waals surface area contributed by atoms with Gasteiger partial charge in [0.15, 0.2) is 3.95 Å². The van der Waals surface area contributed by atoms with E-state index >= 15 is 0 Å². The van der Waals surface area contributed by atoms with Crippen molar-refractivity contribution in [2.45, 2.75) is 39.0 Å². The van der Waals surface area contributed by atoms with E-state index in [4.69, 9.17) is 12.2 Å². The molecule has 2 N–H and O–H groups in total. The standard InChI is InChI=1S/C14H20N2OS2/c1-8-12(19-14(18)16-8)6-13(17)15-7-11(9-2-3-9)10-4-5-10/h9-11H,2-7H2,1H3,(H,15,17)(H,16,18). The summed E-state index contributed by atoms with van der Waals surface area (Å²) >= 11 is 6.61. The van der Waals surface area contributed by atoms with Crippen molar-refractivity contribution in [3.05, 3.63) is 14.5 Å². The number of aryl methyl sites for hydroxylation is 1. The summed E-state index contributed by atoms with van der Waals surface area (Å²) in [5.74, 6) is 2.67. The van der Waals surface area contributed by atoms with Crippen LogP contribution < -0.4 is 5.32 Å². The van der Waals surface area contributed by atoms with Crippen LogP contribution in [0, 0.1) is 28.6 Å². The number of hydrogen-bond acceptors (Lipinski definition) is 3. The highest BCUT2D eigenvalue weighted by Gasteiger charge is 2.41. The van der Waals surface area contributed by atoms with E-state index in [2.05, 4.69) is 10.3 Å². The number of carbonyl (C=O) groups is 1. The van der Waals surface area contributed by atoms with Crippen molar-refractivity contribution in [1.82, 2.24) is 10.3 Å². The summed E-state index contributed by atoms with van der Waals surface area (Å²) in [5, 5.41) is 3.13. The van der Waals surface area contributed by atoms with E-state index in [0.29, 0.717) is 6.42 Å². The van der Waals surface area contributed by atoms with Gasteiger partial charge in [0.2, 0.25) is 5.91 Å². The second-order valence-corrected chi connectivity index (χ2v) is 7.65. The van der Waals surface area contributed by atoms with Gasteiger partial charge < -0.3 is 10.3 Å². The smallest absolute Gasteiger partial charge is 0.225 e. The summed E-state index contributed by atoms with van der Waals surface area (Å²) in [4.78, 5) is 16.2. The van der Waals surface area contributed by atoms with E-state index in [-0.39, 0.29) is 5.91 Å². The Kier molecular flexibility index (Phi) is 3.76. The van der Waals surface area contributed by atoms with Gasteiger partial charge in [-0.3, -0.25) is 4.79 Å². The molecule has 0 aromatic carbocycles. The molecule has 1 aromatic heterocycles. The van der Waals surface area contributed by atoms with Crippen LogP contribution in [-0.4, -0.2) is 17.4 Å². The van der Waals surface area contributed by atoms with Crippen LogP contribution in [0.3, 0.4) is 0 Å². The molecule has 1 amide bonds. The lowest BCUT2D eigenvalue weighted by molar-refractivity contribution is -0.120. The predicted molar refractivity (Wildman–Crippen MR) is 79.9 cm³/mol. The number of aromatic amines is 1. The van der Waals surface area contributed by atoms with Crippen LogP contribution in [0.25, 0.3) is 0 Å². The van der Waals surface area contributed by atoms with E-state index in [9.17, 15) is 4.79 Å². The van der Waals surface area contributed by atoms with Gasteiger partial charge in [-0.25, -0.2) is 0 Å². The summed E-state index contributed by atoms with van der Waals surface area (Å²) in [6.45, 7) is 2.86. The highest BCUT2D eigenvalue weighted by molar-refractivity contribution is 7.73. The van der Waals surface area contributed by atoms with Crippen LogP contribution >= 0.6 is 23.6 Å². The lowest BCUT2D eigenvalue weighted by Crippen LogP contribution is -2.32. The molecule has 1 heterocycles. The molecule has 2 aliphatic rings. The van der Waals surface area contributed by atoms with Crippen LogP contribution in [0.5, 0.6) is 0 Å². The predicted octanol–water partition coefficient (Wildman–Crippen LogP) is 3.21. The number of nitrogens with one attached hydrogen (secondary N) is 2. The molecule has 3 nitrogen and oxygen atoms in total. The number of hydrogen-bond donors (Lipinski definition) is 2. The first kappa shape index (κ1) is 13.3. The van der Waals surface area contributed by atoms with E-state index < -0.39 is 0 Å². The van der Waals surface area contributed by atoms with Crippen molar-refractivity contribution in [2.24, 2.45) is 17.8 Å². The normalized spacial score (nSPS) is 18.8. The Morgan fingerprint density at radius 1 is 1.42 bits per heavy atom. The third kappa shape index (κ3) is 3.45. The van der Waals surface area contributed by atoms with Crippen molar-refractivity contribution in [2.75, 3.05) is 6.54 Å². The molecule has 2 aliphatic carbocycles. The zero-order valence-electron chi connectivity index (χ0n) is 11.2. The topological polar surface area (TPSA) is 44.9 Å². The second-order valence-electron chi connectivity index (χ2n) is 5.88. The molecule has 2 saturated carbocycles. The minimum atomic E-state index is 0.139. The summed E-state index contributed by atoms with van der Waals surface area (Å²) in [6, 6.07) is 0. The van der Waals surface area contributed by atoms with E-state index in [1.165, 1.54) is 37.0 Å². The van der Waals surface area contributed by atoms with Crippen molar-refractivity contribution in [3.8, 4) is 0 Å². The molecule has 0 spiro atoms. The van der Waals surface area contributed by atoms with Crippen molar-refractivity contribution in [1.29, 1.82) is 0 Å². The number of amides is 1. The van der Waals surface area contributed by atoms with Crippen molar-refractivity contribution < 1.29 is 4.79 Å². The Morgan fingerprint density at radius 2 is 2.05 bits per heavy atom. The van der Waals surface area contributed by atoms with Crippen LogP contribution in [0.2, 0.25) is 0 Å². The van der Waals surface area contributed by atoms with E-state index in [0.717, 1.165) is 38.8 Å². The zero-order chi connectivity index (χ0) is 13.4. The molecular formula is C14H20N2OS2. The number of thiazole rings is 1. The minimum Gasteiger partial charge on any atom is -0.355 e. The summed E-state index contributed by atoms with van der Waals surface area (Å²) < 4.78 is 0.758. The van der Waals surface area contributed by atoms with Crippen LogP contribution in [0.4, 0.5) is 0 Å². The lowest BCUT2D eigenvalue weighted by Gasteiger charge is -2.16. The van der Waals surface area contributed by atoms with Crippen molar-refractivity contribution >= 4 is 29.5 Å². The van der Waals surface area contributed by atoms with Gasteiger partial charge >= 0.3 is 0 Å². The molecule has 0 atom stereocenters. The molecule has 0 radical (unpaired) electrons. The molecule has 3 rings (SSSR count). The van der Waals surface area contributed by atoms with Gasteiger partial charge in [-0.2, -0.15) is 0 Å². The molecule has 0 saturated heterocycles. The SMILES string of the molecule is Cc1[nH]c(=S)sc1CC(=O)NCC(C1CC1)C1CC1. The molecule has 2 fully saturated rings. The van der Waals surface area contributed by atoms with Crippen LogP contribution in [-0.2, 0) is 11.2 Å². The Morgan fingerprint density at radius 3 is 2.53 bits per heavy atom. The zero-order valence-corrected chi connectivity index (χ0v) is 12.8. The largest absolute Gasteiger partial charge is 0.355 e. The number of rotatable bonds is 6. The first-order chi connectivity index (χ1) is 9.13. The first-order valence-corrected chi connectivity index (χ1v) is 8.31. The van der Waals surface area contributed by atoms with Gasteiger partial charge in [0, 0.05) is 17.1 Å². The molecular weight excluding hydrogens is 276 g/mol. The van der Waals surface area contributed by atoms with Gasteiger partial charge in [-0.1, -0.05) is 0 Å². The highest BCUT2D eigenvalue weighted by Crippen LogP contribution is 2.48. The van der Waals surface area contributed by atoms with Crippen LogP contribution in [0.1, 0.15) is 36.3 Å². The molecule has 0 bridgehead atoms. The fourth-order valence-electron chi connectivity index (χ4n) is 2.81. The van der Waals surface area contributed by atoms with Crippen molar-refractivity contribution in [3.63, 3.8) is 0 Å².